The zero-order valence-electron chi connectivity index (χ0n) is 9.63. The summed E-state index contributed by atoms with van der Waals surface area (Å²) in [4.78, 5) is 0. The van der Waals surface area contributed by atoms with E-state index in [0.717, 1.165) is 32.1 Å². The molecule has 2 nitrogen and oxygen atoms in total. The van der Waals surface area contributed by atoms with Crippen molar-refractivity contribution in [3.8, 4) is 0 Å². The number of hydrogen-bond donors (Lipinski definition) is 0. The highest BCUT2D eigenvalue weighted by molar-refractivity contribution is 7.91. The van der Waals surface area contributed by atoms with Crippen molar-refractivity contribution in [3.63, 3.8) is 0 Å². The minimum atomic E-state index is -2.78. The lowest BCUT2D eigenvalue weighted by Gasteiger charge is -2.23. The van der Waals surface area contributed by atoms with Gasteiger partial charge in [0.25, 0.3) is 0 Å². The molecule has 0 N–H and O–H groups in total. The molecule has 1 fully saturated rings. The van der Waals surface area contributed by atoms with E-state index in [0.29, 0.717) is 11.1 Å². The van der Waals surface area contributed by atoms with E-state index < -0.39 is 9.84 Å². The summed E-state index contributed by atoms with van der Waals surface area (Å²) < 4.78 is 22.6. The maximum Gasteiger partial charge on any atom is 0.150 e. The Labute approximate surface area is 98.3 Å². The van der Waals surface area contributed by atoms with Gasteiger partial charge in [0.2, 0.25) is 0 Å². The Kier molecular flexibility index (Phi) is 4.48. The van der Waals surface area contributed by atoms with Crippen LogP contribution >= 0.6 is 11.6 Å². The van der Waals surface area contributed by atoms with Crippen LogP contribution in [0.15, 0.2) is 0 Å². The van der Waals surface area contributed by atoms with Crippen LogP contribution in [0.25, 0.3) is 0 Å². The summed E-state index contributed by atoms with van der Waals surface area (Å²) in [6.07, 6.45) is 5.05. The van der Waals surface area contributed by atoms with E-state index >= 15 is 0 Å². The summed E-state index contributed by atoms with van der Waals surface area (Å²) in [5, 5.41) is 0.304. The molecule has 4 heteroatoms. The van der Waals surface area contributed by atoms with Gasteiger partial charge in [-0.05, 0) is 37.5 Å². The van der Waals surface area contributed by atoms with E-state index in [-0.39, 0.29) is 11.2 Å². The molecule has 15 heavy (non-hydrogen) atoms. The zero-order valence-corrected chi connectivity index (χ0v) is 11.2. The second-order valence-corrected chi connectivity index (χ2v) is 8.08. The molecule has 1 aliphatic rings. The molecule has 0 bridgehead atoms. The van der Waals surface area contributed by atoms with Crippen molar-refractivity contribution in [1.82, 2.24) is 0 Å². The van der Waals surface area contributed by atoms with E-state index in [9.17, 15) is 8.42 Å². The van der Waals surface area contributed by atoms with E-state index in [2.05, 4.69) is 6.92 Å². The first-order valence-electron chi connectivity index (χ1n) is 5.71. The molecule has 0 amide bonds. The van der Waals surface area contributed by atoms with Crippen LogP contribution in [0.3, 0.4) is 0 Å². The van der Waals surface area contributed by atoms with Crippen LogP contribution in [0.1, 0.15) is 46.0 Å². The molecule has 90 valence electrons. The lowest BCUT2D eigenvalue weighted by molar-refractivity contribution is 0.306. The van der Waals surface area contributed by atoms with Crippen LogP contribution in [0.4, 0.5) is 0 Å². The first-order chi connectivity index (χ1) is 6.87. The van der Waals surface area contributed by atoms with Crippen LogP contribution in [-0.2, 0) is 9.84 Å². The molecule has 0 saturated heterocycles. The number of halogens is 1. The van der Waals surface area contributed by atoms with Crippen molar-refractivity contribution in [2.24, 2.45) is 5.41 Å². The van der Waals surface area contributed by atoms with Gasteiger partial charge < -0.3 is 0 Å². The lowest BCUT2D eigenvalue weighted by atomic mass is 9.84. The van der Waals surface area contributed by atoms with Gasteiger partial charge in [-0.2, -0.15) is 0 Å². The standard InChI is InChI=1S/C11H21ClO2S/c1-3-15(13,14)8-4-6-11(2)7-5-10(12)9-11/h10H,3-9H2,1-2H3. The highest BCUT2D eigenvalue weighted by Gasteiger charge is 2.33. The Morgan fingerprint density at radius 3 is 2.60 bits per heavy atom. The van der Waals surface area contributed by atoms with Crippen LogP contribution in [-0.4, -0.2) is 25.3 Å². The SMILES string of the molecule is CCS(=O)(=O)CCCC1(C)CCC(Cl)C1. The molecule has 1 aliphatic carbocycles. The Bertz CT molecular complexity index is 300. The predicted octanol–water partition coefficient (Wildman–Crippen LogP) is 3.00. The van der Waals surface area contributed by atoms with Crippen molar-refractivity contribution >= 4 is 21.4 Å². The number of alkyl halides is 1. The quantitative estimate of drug-likeness (QED) is 0.705. The van der Waals surface area contributed by atoms with Gasteiger partial charge in [0.05, 0.1) is 5.75 Å². The van der Waals surface area contributed by atoms with Crippen molar-refractivity contribution in [2.75, 3.05) is 11.5 Å². The van der Waals surface area contributed by atoms with Gasteiger partial charge in [-0.1, -0.05) is 13.8 Å². The number of rotatable bonds is 5. The molecular weight excluding hydrogens is 232 g/mol. The molecule has 0 aromatic carbocycles. The summed E-state index contributed by atoms with van der Waals surface area (Å²) in [5.41, 5.74) is 0.287. The summed E-state index contributed by atoms with van der Waals surface area (Å²) in [7, 11) is -2.78. The largest absolute Gasteiger partial charge is 0.229 e. The van der Waals surface area contributed by atoms with E-state index in [1.807, 2.05) is 0 Å². The predicted molar refractivity (Wildman–Crippen MR) is 65.2 cm³/mol. The third kappa shape index (κ3) is 4.31. The summed E-state index contributed by atoms with van der Waals surface area (Å²) in [5.74, 6) is 0.605. The third-order valence-corrected chi connectivity index (χ3v) is 5.61. The van der Waals surface area contributed by atoms with Gasteiger partial charge in [0.15, 0.2) is 0 Å². The number of hydrogen-bond acceptors (Lipinski definition) is 2. The molecule has 2 unspecified atom stereocenters. The monoisotopic (exact) mass is 252 g/mol. The fraction of sp³-hybridized carbons (Fsp3) is 1.00. The molecule has 1 saturated carbocycles. The summed E-state index contributed by atoms with van der Waals surface area (Å²) in [6.45, 7) is 3.94. The smallest absolute Gasteiger partial charge is 0.150 e. The van der Waals surface area contributed by atoms with Crippen molar-refractivity contribution < 1.29 is 8.42 Å². The second kappa shape index (κ2) is 5.05. The molecule has 0 radical (unpaired) electrons. The van der Waals surface area contributed by atoms with Crippen LogP contribution in [0.2, 0.25) is 0 Å². The Hall–Kier alpha value is 0.240. The van der Waals surface area contributed by atoms with Gasteiger partial charge in [0.1, 0.15) is 9.84 Å². The van der Waals surface area contributed by atoms with Crippen molar-refractivity contribution in [1.29, 1.82) is 0 Å². The Balaban J connectivity index is 2.32. The first kappa shape index (κ1) is 13.3. The highest BCUT2D eigenvalue weighted by Crippen LogP contribution is 2.43. The normalized spacial score (nSPS) is 32.1. The maximum atomic E-state index is 11.3. The maximum absolute atomic E-state index is 11.3. The van der Waals surface area contributed by atoms with E-state index in [1.165, 1.54) is 0 Å². The Morgan fingerprint density at radius 2 is 2.13 bits per heavy atom. The van der Waals surface area contributed by atoms with Gasteiger partial charge in [-0.15, -0.1) is 11.6 Å². The summed E-state index contributed by atoms with van der Waals surface area (Å²) >= 11 is 6.07. The van der Waals surface area contributed by atoms with Crippen LogP contribution < -0.4 is 0 Å². The van der Waals surface area contributed by atoms with Crippen molar-refractivity contribution in [3.05, 3.63) is 0 Å². The Morgan fingerprint density at radius 1 is 1.47 bits per heavy atom. The van der Waals surface area contributed by atoms with Crippen LogP contribution in [0, 0.1) is 5.41 Å². The zero-order chi connectivity index (χ0) is 11.5. The van der Waals surface area contributed by atoms with Gasteiger partial charge in [-0.3, -0.25) is 0 Å². The van der Waals surface area contributed by atoms with Gasteiger partial charge in [-0.25, -0.2) is 8.42 Å². The third-order valence-electron chi connectivity index (χ3n) is 3.45. The van der Waals surface area contributed by atoms with Crippen LogP contribution in [0.5, 0.6) is 0 Å². The fourth-order valence-electron chi connectivity index (χ4n) is 2.33. The van der Waals surface area contributed by atoms with Gasteiger partial charge in [0, 0.05) is 11.1 Å². The molecule has 0 aliphatic heterocycles. The average Bonchev–Trinajstić information content (AvgIpc) is 2.46. The minimum Gasteiger partial charge on any atom is -0.229 e. The molecule has 0 spiro atoms. The van der Waals surface area contributed by atoms with Gasteiger partial charge >= 0.3 is 0 Å². The lowest BCUT2D eigenvalue weighted by Crippen LogP contribution is -2.15. The fourth-order valence-corrected chi connectivity index (χ4v) is 3.69. The van der Waals surface area contributed by atoms with Crippen molar-refractivity contribution in [2.45, 2.75) is 51.3 Å². The molecular formula is C11H21ClO2S. The molecule has 1 rings (SSSR count). The number of sulfone groups is 1. The molecule has 2 atom stereocenters. The molecule has 0 heterocycles. The molecule has 0 aromatic rings. The van der Waals surface area contributed by atoms with E-state index in [1.54, 1.807) is 6.92 Å². The summed E-state index contributed by atoms with van der Waals surface area (Å²) in [6, 6.07) is 0. The topological polar surface area (TPSA) is 34.1 Å². The first-order valence-corrected chi connectivity index (χ1v) is 7.97. The highest BCUT2D eigenvalue weighted by atomic mass is 35.5. The van der Waals surface area contributed by atoms with E-state index in [4.69, 9.17) is 11.6 Å². The minimum absolute atomic E-state index is 0.266. The average molecular weight is 253 g/mol. The molecule has 0 aromatic heterocycles. The second-order valence-electron chi connectivity index (χ2n) is 4.99.